The van der Waals surface area contributed by atoms with E-state index in [-0.39, 0.29) is 17.7 Å². The topological polar surface area (TPSA) is 159 Å². The summed E-state index contributed by atoms with van der Waals surface area (Å²) in [6, 6.07) is 0.816. The highest BCUT2D eigenvalue weighted by molar-refractivity contribution is 7.13. The van der Waals surface area contributed by atoms with Crippen LogP contribution in [0, 0.1) is 6.92 Å². The van der Waals surface area contributed by atoms with Crippen LogP contribution in [0.2, 0.25) is 0 Å². The van der Waals surface area contributed by atoms with Gasteiger partial charge in [0, 0.05) is 49.5 Å². The number of carbonyl (C=O) groups is 1. The standard InChI is InChI=1S/C25H28N10O4S/c1-6-33(7-2)24-26-9-16(10-27-24)22-30-18(12-40-22)29-21(36)15(4)35-13-28-20-19(35)23(37)34(25(38)32(20)5)11-17-8-14(3)39-31-17/h8-10,12-13,15H,6-7,11H2,1-5H3,(H,29,36)/t15-/m0/s1. The molecule has 40 heavy (non-hydrogen) atoms. The maximum absolute atomic E-state index is 13.4. The number of rotatable bonds is 9. The van der Waals surface area contributed by atoms with Gasteiger partial charge in [-0.15, -0.1) is 11.3 Å². The van der Waals surface area contributed by atoms with E-state index in [1.807, 2.05) is 18.7 Å². The Kier molecular flexibility index (Phi) is 7.30. The summed E-state index contributed by atoms with van der Waals surface area (Å²) in [5.41, 5.74) is 0.324. The van der Waals surface area contributed by atoms with E-state index in [2.05, 4.69) is 30.4 Å². The van der Waals surface area contributed by atoms with Crippen molar-refractivity contribution in [2.24, 2.45) is 7.05 Å². The van der Waals surface area contributed by atoms with Gasteiger partial charge < -0.3 is 19.3 Å². The average molecular weight is 565 g/mol. The fourth-order valence-corrected chi connectivity index (χ4v) is 5.03. The van der Waals surface area contributed by atoms with Gasteiger partial charge in [0.05, 0.1) is 12.9 Å². The van der Waals surface area contributed by atoms with Crippen LogP contribution in [0.15, 0.2) is 44.3 Å². The van der Waals surface area contributed by atoms with Crippen molar-refractivity contribution in [3.63, 3.8) is 0 Å². The molecule has 1 atom stereocenters. The van der Waals surface area contributed by atoms with Crippen molar-refractivity contribution >= 4 is 40.2 Å². The molecule has 5 heterocycles. The monoisotopic (exact) mass is 564 g/mol. The number of anilines is 2. The van der Waals surface area contributed by atoms with Crippen LogP contribution >= 0.6 is 11.3 Å². The Balaban J connectivity index is 1.38. The van der Waals surface area contributed by atoms with Crippen LogP contribution in [-0.2, 0) is 18.4 Å². The highest BCUT2D eigenvalue weighted by Gasteiger charge is 2.24. The summed E-state index contributed by atoms with van der Waals surface area (Å²) >= 11 is 1.35. The van der Waals surface area contributed by atoms with Gasteiger partial charge in [0.2, 0.25) is 11.9 Å². The normalized spacial score (nSPS) is 12.1. The van der Waals surface area contributed by atoms with Crippen molar-refractivity contribution in [3.05, 3.63) is 62.5 Å². The van der Waals surface area contributed by atoms with Crippen LogP contribution in [0.25, 0.3) is 21.7 Å². The lowest BCUT2D eigenvalue weighted by Gasteiger charge is -2.17. The van der Waals surface area contributed by atoms with E-state index in [1.165, 1.54) is 33.8 Å². The summed E-state index contributed by atoms with van der Waals surface area (Å²) in [7, 11) is 1.52. The van der Waals surface area contributed by atoms with Crippen molar-refractivity contribution in [2.45, 2.75) is 40.3 Å². The molecule has 14 nitrogen and oxygen atoms in total. The van der Waals surface area contributed by atoms with E-state index in [0.717, 1.165) is 23.2 Å². The molecule has 0 aliphatic heterocycles. The third-order valence-electron chi connectivity index (χ3n) is 6.54. The number of nitrogens with zero attached hydrogens (tertiary/aromatic N) is 9. The third-order valence-corrected chi connectivity index (χ3v) is 7.43. The van der Waals surface area contributed by atoms with Crippen molar-refractivity contribution in [1.29, 1.82) is 0 Å². The second-order valence-electron chi connectivity index (χ2n) is 9.13. The SMILES string of the molecule is CCN(CC)c1ncc(-c2nc(NC(=O)[C@H](C)n3cnc4c3c(=O)n(Cc3cc(C)on3)c(=O)n4C)cs2)cn1. The lowest BCUT2D eigenvalue weighted by Crippen LogP contribution is -2.40. The molecule has 15 heteroatoms. The van der Waals surface area contributed by atoms with Crippen molar-refractivity contribution < 1.29 is 9.32 Å². The molecule has 0 saturated carbocycles. The van der Waals surface area contributed by atoms with Gasteiger partial charge in [-0.05, 0) is 27.7 Å². The van der Waals surface area contributed by atoms with Crippen LogP contribution in [0.5, 0.6) is 0 Å². The number of carbonyl (C=O) groups excluding carboxylic acids is 1. The Morgan fingerprint density at radius 2 is 1.90 bits per heavy atom. The number of amides is 1. The Labute approximate surface area is 231 Å². The number of nitrogens with one attached hydrogen (secondary N) is 1. The second kappa shape index (κ2) is 10.8. The number of fused-ring (bicyclic) bond motifs is 1. The second-order valence-corrected chi connectivity index (χ2v) is 9.99. The summed E-state index contributed by atoms with van der Waals surface area (Å²) in [6.45, 7) is 8.97. The van der Waals surface area contributed by atoms with Gasteiger partial charge in [-0.25, -0.2) is 24.7 Å². The van der Waals surface area contributed by atoms with Crippen LogP contribution < -0.4 is 21.5 Å². The first kappa shape index (κ1) is 26.9. The summed E-state index contributed by atoms with van der Waals surface area (Å²) < 4.78 is 8.83. The number of hydrogen-bond donors (Lipinski definition) is 1. The number of hydrogen-bond acceptors (Lipinski definition) is 11. The van der Waals surface area contributed by atoms with Gasteiger partial charge in [-0.2, -0.15) is 0 Å². The summed E-state index contributed by atoms with van der Waals surface area (Å²) in [4.78, 5) is 59.2. The van der Waals surface area contributed by atoms with Gasteiger partial charge in [-0.3, -0.25) is 18.7 Å². The highest BCUT2D eigenvalue weighted by atomic mass is 32.1. The fourth-order valence-electron chi connectivity index (χ4n) is 4.30. The molecule has 1 N–H and O–H groups in total. The molecule has 0 aliphatic rings. The molecule has 0 fully saturated rings. The minimum atomic E-state index is -0.834. The van der Waals surface area contributed by atoms with Crippen LogP contribution in [0.3, 0.4) is 0 Å². The summed E-state index contributed by atoms with van der Waals surface area (Å²) in [5.74, 6) is 1.16. The number of aromatic nitrogens is 8. The van der Waals surface area contributed by atoms with Crippen LogP contribution in [-0.4, -0.2) is 57.8 Å². The number of aryl methyl sites for hydroxylation is 2. The van der Waals surface area contributed by atoms with E-state index in [9.17, 15) is 14.4 Å². The Hall–Kier alpha value is -4.66. The zero-order chi connectivity index (χ0) is 28.6. The van der Waals surface area contributed by atoms with Gasteiger partial charge in [0.1, 0.15) is 28.3 Å². The molecule has 0 aliphatic carbocycles. The van der Waals surface area contributed by atoms with E-state index < -0.39 is 23.2 Å². The van der Waals surface area contributed by atoms with E-state index in [4.69, 9.17) is 4.52 Å². The predicted octanol–water partition coefficient (Wildman–Crippen LogP) is 2.20. The lowest BCUT2D eigenvalue weighted by atomic mass is 10.3. The smallest absolute Gasteiger partial charge is 0.332 e. The molecule has 0 bridgehead atoms. The van der Waals surface area contributed by atoms with Gasteiger partial charge in [0.25, 0.3) is 5.56 Å². The average Bonchev–Trinajstić information content (AvgIpc) is 3.70. The summed E-state index contributed by atoms with van der Waals surface area (Å²) in [6.07, 6.45) is 4.80. The first-order chi connectivity index (χ1) is 19.2. The molecule has 5 aromatic rings. The van der Waals surface area contributed by atoms with Gasteiger partial charge in [0.15, 0.2) is 11.2 Å². The van der Waals surface area contributed by atoms with Gasteiger partial charge >= 0.3 is 5.69 Å². The summed E-state index contributed by atoms with van der Waals surface area (Å²) in [5, 5.41) is 9.06. The Morgan fingerprint density at radius 3 is 2.55 bits per heavy atom. The molecule has 1 amide bonds. The maximum atomic E-state index is 13.4. The van der Waals surface area contributed by atoms with Gasteiger partial charge in [-0.1, -0.05) is 5.16 Å². The molecule has 0 aromatic carbocycles. The molecule has 0 spiro atoms. The quantitative estimate of drug-likeness (QED) is 0.281. The molecular formula is C25H28N10O4S. The molecular weight excluding hydrogens is 536 g/mol. The zero-order valence-electron chi connectivity index (χ0n) is 22.7. The molecule has 208 valence electrons. The first-order valence-corrected chi connectivity index (χ1v) is 13.5. The minimum absolute atomic E-state index is 0.0776. The van der Waals surface area contributed by atoms with Crippen molar-refractivity contribution in [2.75, 3.05) is 23.3 Å². The molecule has 5 aromatic heterocycles. The maximum Gasteiger partial charge on any atom is 0.332 e. The molecule has 0 radical (unpaired) electrons. The highest BCUT2D eigenvalue weighted by Crippen LogP contribution is 2.26. The fraction of sp³-hybridized carbons (Fsp3) is 0.360. The van der Waals surface area contributed by atoms with E-state index in [1.54, 1.807) is 37.7 Å². The minimum Gasteiger partial charge on any atom is -0.361 e. The van der Waals surface area contributed by atoms with Crippen molar-refractivity contribution in [3.8, 4) is 10.6 Å². The van der Waals surface area contributed by atoms with Crippen LogP contribution in [0.1, 0.15) is 38.3 Å². The molecule has 0 unspecified atom stereocenters. The van der Waals surface area contributed by atoms with E-state index >= 15 is 0 Å². The lowest BCUT2D eigenvalue weighted by molar-refractivity contribution is -0.118. The largest absolute Gasteiger partial charge is 0.361 e. The number of thiazole rings is 1. The molecule has 5 rings (SSSR count). The first-order valence-electron chi connectivity index (χ1n) is 12.6. The number of imidazole rings is 1. The van der Waals surface area contributed by atoms with E-state index in [0.29, 0.717) is 28.2 Å². The third kappa shape index (κ3) is 4.90. The predicted molar refractivity (Wildman–Crippen MR) is 150 cm³/mol. The zero-order valence-corrected chi connectivity index (χ0v) is 23.5. The molecule has 0 saturated heterocycles. The van der Waals surface area contributed by atoms with Crippen LogP contribution in [0.4, 0.5) is 11.8 Å². The Morgan fingerprint density at radius 1 is 1.18 bits per heavy atom. The van der Waals surface area contributed by atoms with Crippen molar-refractivity contribution in [1.82, 2.24) is 38.8 Å². The Bertz CT molecular complexity index is 1790.